The highest BCUT2D eigenvalue weighted by atomic mass is 32.1. The average molecular weight is 304 g/mol. The number of hydrogen-bond acceptors (Lipinski definition) is 6. The van der Waals surface area contributed by atoms with E-state index in [4.69, 9.17) is 5.11 Å². The summed E-state index contributed by atoms with van der Waals surface area (Å²) in [5.74, 6) is -0.205. The molecule has 6 nitrogen and oxygen atoms in total. The van der Waals surface area contributed by atoms with Gasteiger partial charge in [-0.25, -0.2) is 4.98 Å². The van der Waals surface area contributed by atoms with Gasteiger partial charge in [0.2, 0.25) is 5.13 Å². The smallest absolute Gasteiger partial charge is 0.251 e. The van der Waals surface area contributed by atoms with Crippen LogP contribution in [-0.2, 0) is 0 Å². The first-order valence-electron chi connectivity index (χ1n) is 6.39. The predicted octanol–water partition coefficient (Wildman–Crippen LogP) is 1.62. The van der Waals surface area contributed by atoms with Gasteiger partial charge in [0.05, 0.1) is 18.5 Å². The van der Waals surface area contributed by atoms with Gasteiger partial charge in [-0.05, 0) is 24.6 Å². The van der Waals surface area contributed by atoms with E-state index in [-0.39, 0.29) is 19.1 Å². The highest BCUT2D eigenvalue weighted by Gasteiger charge is 2.03. The van der Waals surface area contributed by atoms with Crippen LogP contribution in [0.3, 0.4) is 0 Å². The molecule has 1 heterocycles. The Morgan fingerprint density at radius 2 is 2.19 bits per heavy atom. The summed E-state index contributed by atoms with van der Waals surface area (Å²) in [7, 11) is 0. The summed E-state index contributed by atoms with van der Waals surface area (Å²) < 4.78 is 0. The molecule has 21 heavy (non-hydrogen) atoms. The molecular formula is C14H16N4O2S. The van der Waals surface area contributed by atoms with Crippen molar-refractivity contribution in [1.29, 1.82) is 0 Å². The number of carbonyl (C=O) groups excluding carboxylic acids is 1. The van der Waals surface area contributed by atoms with Gasteiger partial charge in [-0.1, -0.05) is 12.1 Å². The maximum atomic E-state index is 11.6. The van der Waals surface area contributed by atoms with E-state index in [0.717, 1.165) is 16.4 Å². The molecule has 0 radical (unpaired) electrons. The Morgan fingerprint density at radius 3 is 2.81 bits per heavy atom. The number of anilines is 1. The third-order valence-corrected chi connectivity index (χ3v) is 3.43. The Morgan fingerprint density at radius 1 is 1.43 bits per heavy atom. The van der Waals surface area contributed by atoms with Crippen LogP contribution in [0.15, 0.2) is 34.7 Å². The molecule has 0 atom stereocenters. The van der Waals surface area contributed by atoms with Crippen molar-refractivity contribution in [3.63, 3.8) is 0 Å². The molecule has 1 amide bonds. The Bertz CT molecular complexity index is 622. The van der Waals surface area contributed by atoms with E-state index < -0.39 is 0 Å². The zero-order valence-electron chi connectivity index (χ0n) is 11.5. The van der Waals surface area contributed by atoms with Crippen LogP contribution >= 0.6 is 11.3 Å². The number of aliphatic hydroxyl groups is 1. The van der Waals surface area contributed by atoms with Crippen LogP contribution < -0.4 is 10.7 Å². The van der Waals surface area contributed by atoms with Crippen molar-refractivity contribution in [2.45, 2.75) is 6.92 Å². The molecule has 0 unspecified atom stereocenters. The molecule has 0 fully saturated rings. The summed E-state index contributed by atoms with van der Waals surface area (Å²) in [5.41, 5.74) is 5.22. The highest BCUT2D eigenvalue weighted by molar-refractivity contribution is 7.13. The SMILES string of the molecule is Cc1csc(NN=Cc2ccc(C(=O)NCCO)cc2)n1. The maximum absolute atomic E-state index is 11.6. The quantitative estimate of drug-likeness (QED) is 0.559. The number of nitrogens with zero attached hydrogens (tertiary/aromatic N) is 2. The summed E-state index contributed by atoms with van der Waals surface area (Å²) in [6.07, 6.45) is 1.66. The summed E-state index contributed by atoms with van der Waals surface area (Å²) in [6, 6.07) is 7.02. The Hall–Kier alpha value is -2.25. The van der Waals surface area contributed by atoms with E-state index in [2.05, 4.69) is 20.8 Å². The monoisotopic (exact) mass is 304 g/mol. The molecule has 0 saturated heterocycles. The largest absolute Gasteiger partial charge is 0.395 e. The molecule has 0 bridgehead atoms. The fraction of sp³-hybridized carbons (Fsp3) is 0.214. The number of nitrogens with one attached hydrogen (secondary N) is 2. The zero-order chi connectivity index (χ0) is 15.1. The minimum absolute atomic E-state index is 0.0711. The van der Waals surface area contributed by atoms with Crippen LogP contribution in [0.4, 0.5) is 5.13 Å². The van der Waals surface area contributed by atoms with Crippen LogP contribution in [-0.4, -0.2) is 35.4 Å². The topological polar surface area (TPSA) is 86.6 Å². The fourth-order valence-corrected chi connectivity index (χ4v) is 2.20. The van der Waals surface area contributed by atoms with Crippen LogP contribution in [0, 0.1) is 6.92 Å². The van der Waals surface area contributed by atoms with Gasteiger partial charge in [-0.3, -0.25) is 10.2 Å². The first kappa shape index (κ1) is 15.1. The van der Waals surface area contributed by atoms with Crippen molar-refractivity contribution in [3.05, 3.63) is 46.5 Å². The highest BCUT2D eigenvalue weighted by Crippen LogP contribution is 2.13. The molecule has 3 N–H and O–H groups in total. The van der Waals surface area contributed by atoms with E-state index in [9.17, 15) is 4.79 Å². The molecular weight excluding hydrogens is 288 g/mol. The van der Waals surface area contributed by atoms with Gasteiger partial charge in [-0.15, -0.1) is 11.3 Å². The number of hydrazone groups is 1. The molecule has 1 aromatic heterocycles. The van der Waals surface area contributed by atoms with E-state index in [1.54, 1.807) is 30.5 Å². The van der Waals surface area contributed by atoms with E-state index in [0.29, 0.717) is 5.56 Å². The van der Waals surface area contributed by atoms with Crippen LogP contribution in [0.2, 0.25) is 0 Å². The summed E-state index contributed by atoms with van der Waals surface area (Å²) in [5, 5.41) is 18.0. The van der Waals surface area contributed by atoms with Crippen molar-refractivity contribution in [1.82, 2.24) is 10.3 Å². The number of rotatable bonds is 6. The number of carbonyl (C=O) groups is 1. The number of thiazole rings is 1. The van der Waals surface area contributed by atoms with Crippen molar-refractivity contribution < 1.29 is 9.90 Å². The molecule has 0 saturated carbocycles. The van der Waals surface area contributed by atoms with Gasteiger partial charge in [-0.2, -0.15) is 5.10 Å². The lowest BCUT2D eigenvalue weighted by atomic mass is 10.1. The fourth-order valence-electron chi connectivity index (χ4n) is 1.56. The van der Waals surface area contributed by atoms with E-state index in [1.165, 1.54) is 11.3 Å². The Labute approximate surface area is 126 Å². The summed E-state index contributed by atoms with van der Waals surface area (Å²) in [4.78, 5) is 15.9. The van der Waals surface area contributed by atoms with Gasteiger partial charge in [0, 0.05) is 17.5 Å². The van der Waals surface area contributed by atoms with Crippen molar-refractivity contribution in [2.75, 3.05) is 18.6 Å². The first-order valence-corrected chi connectivity index (χ1v) is 7.27. The minimum atomic E-state index is -0.205. The number of aryl methyl sites for hydroxylation is 1. The normalized spacial score (nSPS) is 10.8. The van der Waals surface area contributed by atoms with Crippen LogP contribution in [0.5, 0.6) is 0 Å². The second kappa shape index (κ2) is 7.51. The molecule has 0 aliphatic carbocycles. The third-order valence-electron chi connectivity index (χ3n) is 2.56. The number of amides is 1. The van der Waals surface area contributed by atoms with E-state index in [1.807, 2.05) is 12.3 Å². The molecule has 2 rings (SSSR count). The number of aromatic nitrogens is 1. The zero-order valence-corrected chi connectivity index (χ0v) is 12.4. The van der Waals surface area contributed by atoms with Gasteiger partial charge in [0.25, 0.3) is 5.91 Å². The minimum Gasteiger partial charge on any atom is -0.395 e. The third kappa shape index (κ3) is 4.66. The molecule has 0 spiro atoms. The lowest BCUT2D eigenvalue weighted by Crippen LogP contribution is -2.26. The predicted molar refractivity (Wildman–Crippen MR) is 83.9 cm³/mol. The summed E-state index contributed by atoms with van der Waals surface area (Å²) >= 11 is 1.49. The lowest BCUT2D eigenvalue weighted by Gasteiger charge is -2.03. The standard InChI is InChI=1S/C14H16N4O2S/c1-10-9-21-14(17-10)18-16-8-11-2-4-12(5-3-11)13(20)15-6-7-19/h2-5,8-9,19H,6-7H2,1H3,(H,15,20)(H,17,18). The molecule has 1 aromatic carbocycles. The second-order valence-corrected chi connectivity index (χ2v) is 5.12. The number of aliphatic hydroxyl groups excluding tert-OH is 1. The van der Waals surface area contributed by atoms with E-state index >= 15 is 0 Å². The number of benzene rings is 1. The maximum Gasteiger partial charge on any atom is 0.251 e. The van der Waals surface area contributed by atoms with Gasteiger partial charge >= 0.3 is 0 Å². The Balaban J connectivity index is 1.91. The molecule has 7 heteroatoms. The molecule has 0 aliphatic rings. The summed E-state index contributed by atoms with van der Waals surface area (Å²) in [6.45, 7) is 2.10. The molecule has 0 aliphatic heterocycles. The first-order chi connectivity index (χ1) is 10.2. The number of hydrogen-bond donors (Lipinski definition) is 3. The van der Waals surface area contributed by atoms with Gasteiger partial charge < -0.3 is 10.4 Å². The van der Waals surface area contributed by atoms with Gasteiger partial charge in [0.1, 0.15) is 0 Å². The lowest BCUT2D eigenvalue weighted by molar-refractivity contribution is 0.0945. The van der Waals surface area contributed by atoms with Gasteiger partial charge in [0.15, 0.2) is 0 Å². The second-order valence-electron chi connectivity index (χ2n) is 4.27. The Kier molecular flexibility index (Phi) is 5.42. The van der Waals surface area contributed by atoms with Crippen LogP contribution in [0.25, 0.3) is 0 Å². The van der Waals surface area contributed by atoms with Crippen molar-refractivity contribution in [2.24, 2.45) is 5.10 Å². The van der Waals surface area contributed by atoms with Crippen LogP contribution in [0.1, 0.15) is 21.6 Å². The van der Waals surface area contributed by atoms with Crippen molar-refractivity contribution in [3.8, 4) is 0 Å². The molecule has 110 valence electrons. The average Bonchev–Trinajstić information content (AvgIpc) is 2.91. The van der Waals surface area contributed by atoms with Crippen molar-refractivity contribution >= 4 is 28.6 Å². The molecule has 2 aromatic rings.